The number of anilines is 2. The molecule has 1 N–H and O–H groups in total. The molecule has 6 nitrogen and oxygen atoms in total. The molecule has 1 amide bonds. The molecular formula is C18H19ClFN3O3S. The van der Waals surface area contributed by atoms with Crippen LogP contribution in [0.1, 0.15) is 10.4 Å². The van der Waals surface area contributed by atoms with E-state index < -0.39 is 10.0 Å². The predicted octanol–water partition coefficient (Wildman–Crippen LogP) is 2.81. The highest BCUT2D eigenvalue weighted by Gasteiger charge is 2.24. The smallest absolute Gasteiger partial charge is 0.254 e. The van der Waals surface area contributed by atoms with Crippen molar-refractivity contribution in [2.24, 2.45) is 0 Å². The molecule has 0 bridgehead atoms. The van der Waals surface area contributed by atoms with Crippen molar-refractivity contribution in [1.82, 2.24) is 4.90 Å². The summed E-state index contributed by atoms with van der Waals surface area (Å²) in [4.78, 5) is 16.3. The molecule has 0 aromatic heterocycles. The Morgan fingerprint density at radius 3 is 2.41 bits per heavy atom. The lowest BCUT2D eigenvalue weighted by Crippen LogP contribution is -2.49. The fourth-order valence-electron chi connectivity index (χ4n) is 2.98. The molecule has 1 heterocycles. The van der Waals surface area contributed by atoms with Crippen molar-refractivity contribution < 1.29 is 17.6 Å². The van der Waals surface area contributed by atoms with Crippen LogP contribution in [-0.2, 0) is 10.0 Å². The van der Waals surface area contributed by atoms with E-state index in [0.29, 0.717) is 37.4 Å². The van der Waals surface area contributed by atoms with Gasteiger partial charge in [-0.25, -0.2) is 12.8 Å². The summed E-state index contributed by atoms with van der Waals surface area (Å²) >= 11 is 6.00. The van der Waals surface area contributed by atoms with Gasteiger partial charge in [-0.05, 0) is 30.3 Å². The third-order valence-electron chi connectivity index (χ3n) is 4.27. The molecule has 144 valence electrons. The van der Waals surface area contributed by atoms with Crippen molar-refractivity contribution in [2.75, 3.05) is 42.1 Å². The van der Waals surface area contributed by atoms with E-state index in [1.165, 1.54) is 18.2 Å². The van der Waals surface area contributed by atoms with Gasteiger partial charge in [0.1, 0.15) is 5.82 Å². The van der Waals surface area contributed by atoms with Crippen LogP contribution in [0.25, 0.3) is 0 Å². The van der Waals surface area contributed by atoms with E-state index in [9.17, 15) is 17.6 Å². The Morgan fingerprint density at radius 2 is 1.78 bits per heavy atom. The number of hydrogen-bond acceptors (Lipinski definition) is 4. The number of amides is 1. The number of hydrogen-bond donors (Lipinski definition) is 1. The van der Waals surface area contributed by atoms with Crippen LogP contribution in [0.4, 0.5) is 15.8 Å². The number of sulfonamides is 1. The second-order valence-corrected chi connectivity index (χ2v) is 8.46. The molecule has 1 saturated heterocycles. The van der Waals surface area contributed by atoms with E-state index in [2.05, 4.69) is 4.72 Å². The first-order valence-electron chi connectivity index (χ1n) is 8.31. The molecule has 0 unspecified atom stereocenters. The maximum atomic E-state index is 13.9. The Kier molecular flexibility index (Phi) is 5.57. The first-order valence-corrected chi connectivity index (χ1v) is 10.6. The van der Waals surface area contributed by atoms with E-state index in [1.54, 1.807) is 29.2 Å². The average molecular weight is 412 g/mol. The average Bonchev–Trinajstić information content (AvgIpc) is 2.62. The summed E-state index contributed by atoms with van der Waals surface area (Å²) in [6.45, 7) is 1.89. The lowest BCUT2D eigenvalue weighted by molar-refractivity contribution is 0.0746. The molecule has 27 heavy (non-hydrogen) atoms. The number of carbonyl (C=O) groups is 1. The quantitative estimate of drug-likeness (QED) is 0.839. The monoisotopic (exact) mass is 411 g/mol. The van der Waals surface area contributed by atoms with Crippen molar-refractivity contribution in [1.29, 1.82) is 0 Å². The Bertz CT molecular complexity index is 960. The van der Waals surface area contributed by atoms with E-state index in [1.807, 2.05) is 4.90 Å². The molecule has 0 aliphatic carbocycles. The van der Waals surface area contributed by atoms with Crippen LogP contribution in [-0.4, -0.2) is 51.7 Å². The van der Waals surface area contributed by atoms with E-state index in [-0.39, 0.29) is 22.4 Å². The summed E-state index contributed by atoms with van der Waals surface area (Å²) in [6, 6.07) is 11.0. The number of benzene rings is 2. The van der Waals surface area contributed by atoms with Gasteiger partial charge in [-0.1, -0.05) is 23.7 Å². The Balaban J connectivity index is 1.71. The number of para-hydroxylation sites is 1. The fraction of sp³-hybridized carbons (Fsp3) is 0.278. The van der Waals surface area contributed by atoms with Gasteiger partial charge in [-0.15, -0.1) is 0 Å². The Hall–Kier alpha value is -2.32. The van der Waals surface area contributed by atoms with Crippen LogP contribution >= 0.6 is 11.6 Å². The number of nitrogens with zero attached hydrogens (tertiary/aromatic N) is 2. The third kappa shape index (κ3) is 4.70. The standard InChI is InChI=1S/C18H19ClFN3O3S/c1-27(25,26)21-16-12-13(6-7-14(16)19)18(24)23-10-8-22(9-11-23)17-5-3-2-4-15(17)20/h2-7,12,21H,8-11H2,1H3. The van der Waals surface area contributed by atoms with Gasteiger partial charge in [0.2, 0.25) is 10.0 Å². The zero-order chi connectivity index (χ0) is 19.6. The van der Waals surface area contributed by atoms with E-state index >= 15 is 0 Å². The molecule has 0 atom stereocenters. The highest BCUT2D eigenvalue weighted by atomic mass is 35.5. The first kappa shape index (κ1) is 19.4. The topological polar surface area (TPSA) is 69.7 Å². The van der Waals surface area contributed by atoms with Gasteiger partial charge in [0.25, 0.3) is 5.91 Å². The fourth-order valence-corrected chi connectivity index (χ4v) is 3.77. The van der Waals surface area contributed by atoms with Gasteiger partial charge in [0.15, 0.2) is 0 Å². The van der Waals surface area contributed by atoms with E-state index in [4.69, 9.17) is 11.6 Å². The number of halogens is 2. The molecule has 1 fully saturated rings. The molecule has 2 aromatic carbocycles. The lowest BCUT2D eigenvalue weighted by atomic mass is 10.1. The van der Waals surface area contributed by atoms with Crippen molar-refractivity contribution in [2.45, 2.75) is 0 Å². The van der Waals surface area contributed by atoms with Gasteiger partial charge < -0.3 is 9.80 Å². The minimum atomic E-state index is -3.51. The number of rotatable bonds is 4. The summed E-state index contributed by atoms with van der Waals surface area (Å²) in [7, 11) is -3.51. The maximum Gasteiger partial charge on any atom is 0.254 e. The van der Waals surface area contributed by atoms with Gasteiger partial charge in [0.05, 0.1) is 22.7 Å². The highest BCUT2D eigenvalue weighted by Crippen LogP contribution is 2.25. The Labute approximate surface area is 162 Å². The molecule has 3 rings (SSSR count). The molecule has 1 aliphatic heterocycles. The van der Waals surface area contributed by atoms with Gasteiger partial charge >= 0.3 is 0 Å². The van der Waals surface area contributed by atoms with Crippen LogP contribution in [0, 0.1) is 5.82 Å². The second kappa shape index (κ2) is 7.74. The lowest BCUT2D eigenvalue weighted by Gasteiger charge is -2.36. The van der Waals surface area contributed by atoms with Crippen LogP contribution in [0.15, 0.2) is 42.5 Å². The molecule has 0 radical (unpaired) electrons. The zero-order valence-corrected chi connectivity index (χ0v) is 16.2. The van der Waals surface area contributed by atoms with Crippen molar-refractivity contribution in [3.8, 4) is 0 Å². The first-order chi connectivity index (χ1) is 12.7. The van der Waals surface area contributed by atoms with Crippen LogP contribution in [0.5, 0.6) is 0 Å². The molecule has 1 aliphatic rings. The minimum Gasteiger partial charge on any atom is -0.366 e. The largest absolute Gasteiger partial charge is 0.366 e. The van der Waals surface area contributed by atoms with Crippen molar-refractivity contribution in [3.05, 3.63) is 58.9 Å². The molecular weight excluding hydrogens is 393 g/mol. The zero-order valence-electron chi connectivity index (χ0n) is 14.7. The van der Waals surface area contributed by atoms with Gasteiger partial charge in [-0.3, -0.25) is 9.52 Å². The number of carbonyl (C=O) groups excluding carboxylic acids is 1. The summed E-state index contributed by atoms with van der Waals surface area (Å²) in [5.41, 5.74) is 1.02. The maximum absolute atomic E-state index is 13.9. The van der Waals surface area contributed by atoms with Crippen molar-refractivity contribution >= 4 is 38.9 Å². The molecule has 2 aromatic rings. The van der Waals surface area contributed by atoms with Crippen LogP contribution < -0.4 is 9.62 Å². The third-order valence-corrected chi connectivity index (χ3v) is 5.19. The Morgan fingerprint density at radius 1 is 1.11 bits per heavy atom. The van der Waals surface area contributed by atoms with Crippen molar-refractivity contribution in [3.63, 3.8) is 0 Å². The summed E-state index contributed by atoms with van der Waals surface area (Å²) in [5, 5.41) is 0.210. The normalized spacial score (nSPS) is 14.9. The minimum absolute atomic E-state index is 0.162. The number of piperazine rings is 1. The molecule has 0 saturated carbocycles. The molecule has 0 spiro atoms. The van der Waals surface area contributed by atoms with Gasteiger partial charge in [-0.2, -0.15) is 0 Å². The van der Waals surface area contributed by atoms with Crippen LogP contribution in [0.2, 0.25) is 5.02 Å². The van der Waals surface area contributed by atoms with Crippen LogP contribution in [0.3, 0.4) is 0 Å². The number of nitrogens with one attached hydrogen (secondary N) is 1. The summed E-state index contributed by atoms with van der Waals surface area (Å²) < 4.78 is 39.1. The van der Waals surface area contributed by atoms with E-state index in [0.717, 1.165) is 6.26 Å². The summed E-state index contributed by atoms with van der Waals surface area (Å²) in [6.07, 6.45) is 1.01. The summed E-state index contributed by atoms with van der Waals surface area (Å²) in [5.74, 6) is -0.511. The highest BCUT2D eigenvalue weighted by molar-refractivity contribution is 7.92. The predicted molar refractivity (Wildman–Crippen MR) is 104 cm³/mol. The SMILES string of the molecule is CS(=O)(=O)Nc1cc(C(=O)N2CCN(c3ccccc3F)CC2)ccc1Cl. The molecule has 9 heteroatoms. The van der Waals surface area contributed by atoms with Gasteiger partial charge in [0, 0.05) is 31.7 Å². The second-order valence-electron chi connectivity index (χ2n) is 6.30.